The first kappa shape index (κ1) is 20.3. The Balaban J connectivity index is 2.53. The molecule has 142 valence electrons. The summed E-state index contributed by atoms with van der Waals surface area (Å²) in [5.41, 5.74) is -1.77. The van der Waals surface area contributed by atoms with E-state index in [2.05, 4.69) is 0 Å². The first-order chi connectivity index (χ1) is 12.4. The van der Waals surface area contributed by atoms with Gasteiger partial charge in [0.2, 0.25) is 10.0 Å². The molecule has 11 nitrogen and oxygen atoms in total. The molecule has 0 aliphatic carbocycles. The maximum atomic E-state index is 12.5. The molecule has 0 fully saturated rings. The zero-order valence-electron chi connectivity index (χ0n) is 13.2. The summed E-state index contributed by atoms with van der Waals surface area (Å²) in [6.07, 6.45) is 0. The number of carbonyl (C=O) groups excluding carboxylic acids is 1. The molecule has 0 aromatic heterocycles. The highest BCUT2D eigenvalue weighted by atomic mass is 35.5. The molecule has 0 radical (unpaired) electrons. The van der Waals surface area contributed by atoms with Crippen molar-refractivity contribution in [1.82, 2.24) is 0 Å². The lowest BCUT2D eigenvalue weighted by Gasteiger charge is -2.17. The third-order valence-electron chi connectivity index (χ3n) is 3.38. The fraction of sp³-hybridized carbons (Fsp3) is 0. The first-order valence-electron chi connectivity index (χ1n) is 6.86. The van der Waals surface area contributed by atoms with Gasteiger partial charge in [-0.25, -0.2) is 29.2 Å². The lowest BCUT2D eigenvalue weighted by atomic mass is 10.1. The van der Waals surface area contributed by atoms with E-state index in [4.69, 9.17) is 27.7 Å². The van der Waals surface area contributed by atoms with Gasteiger partial charge in [-0.15, -0.1) is 0 Å². The summed E-state index contributed by atoms with van der Waals surface area (Å²) in [6.45, 7) is 0. The van der Waals surface area contributed by atoms with Crippen LogP contribution in [0.25, 0.3) is 0 Å². The molecule has 0 bridgehead atoms. The number of nitro groups is 1. The Labute approximate surface area is 156 Å². The summed E-state index contributed by atoms with van der Waals surface area (Å²) < 4.78 is 23.0. The van der Waals surface area contributed by atoms with E-state index >= 15 is 0 Å². The van der Waals surface area contributed by atoms with Crippen LogP contribution in [-0.2, 0) is 10.0 Å². The van der Waals surface area contributed by atoms with Gasteiger partial charge in [-0.05, 0) is 30.3 Å². The maximum absolute atomic E-state index is 12.5. The second kappa shape index (κ2) is 7.28. The van der Waals surface area contributed by atoms with Crippen LogP contribution in [0.5, 0.6) is 0 Å². The molecule has 27 heavy (non-hydrogen) atoms. The van der Waals surface area contributed by atoms with Gasteiger partial charge in [-0.1, -0.05) is 11.6 Å². The van der Waals surface area contributed by atoms with E-state index in [-0.39, 0.29) is 16.1 Å². The van der Waals surface area contributed by atoms with Crippen LogP contribution >= 0.6 is 11.6 Å². The Morgan fingerprint density at radius 2 is 1.74 bits per heavy atom. The highest BCUT2D eigenvalue weighted by Crippen LogP contribution is 2.29. The number of sulfonamides is 1. The number of amides is 1. The number of hydrazine groups is 1. The average molecular weight is 415 g/mol. The number of carboxylic acids is 1. The van der Waals surface area contributed by atoms with Crippen molar-refractivity contribution in [3.05, 3.63) is 62.7 Å². The summed E-state index contributed by atoms with van der Waals surface area (Å²) in [5, 5.41) is 25.3. The van der Waals surface area contributed by atoms with Gasteiger partial charge < -0.3 is 5.11 Å². The number of primary sulfonamides is 1. The number of halogens is 1. The Morgan fingerprint density at radius 1 is 1.15 bits per heavy atom. The molecule has 0 atom stereocenters. The minimum atomic E-state index is -4.23. The number of hydrogen-bond donors (Lipinski definition) is 3. The predicted octanol–water partition coefficient (Wildman–Crippen LogP) is 1.11. The summed E-state index contributed by atoms with van der Waals surface area (Å²) in [5.74, 6) is 3.23. The van der Waals surface area contributed by atoms with Crippen LogP contribution < -0.4 is 16.0 Å². The summed E-state index contributed by atoms with van der Waals surface area (Å²) in [6, 6.07) is 5.87. The number of carbonyl (C=O) groups is 2. The summed E-state index contributed by atoms with van der Waals surface area (Å²) >= 11 is 5.74. The highest BCUT2D eigenvalue weighted by Gasteiger charge is 2.26. The number of carboxylic acid groups (broad SMARTS) is 1. The molecule has 0 saturated carbocycles. The van der Waals surface area contributed by atoms with Crippen molar-refractivity contribution in [3.63, 3.8) is 0 Å². The quantitative estimate of drug-likeness (QED) is 0.280. The Kier molecular flexibility index (Phi) is 5.46. The third-order valence-corrected chi connectivity index (χ3v) is 4.77. The van der Waals surface area contributed by atoms with Crippen LogP contribution in [0.3, 0.4) is 0 Å². The van der Waals surface area contributed by atoms with Gasteiger partial charge in [0.1, 0.15) is 10.6 Å². The normalized spacial score (nSPS) is 11.1. The van der Waals surface area contributed by atoms with Crippen molar-refractivity contribution in [2.45, 2.75) is 4.90 Å². The molecule has 2 aromatic carbocycles. The van der Waals surface area contributed by atoms with Crippen LogP contribution in [0.1, 0.15) is 20.7 Å². The number of nitrogens with two attached hydrogens (primary N) is 2. The number of hydrogen-bond acceptors (Lipinski definition) is 7. The lowest BCUT2D eigenvalue weighted by molar-refractivity contribution is -0.384. The van der Waals surface area contributed by atoms with Gasteiger partial charge in [0.05, 0.1) is 15.5 Å². The maximum Gasteiger partial charge on any atom is 0.335 e. The van der Waals surface area contributed by atoms with Gasteiger partial charge in [-0.2, -0.15) is 0 Å². The SMILES string of the molecule is NN(C(=O)c1ccc(Cl)c(S(N)(=O)=O)c1)c1ccc(C(=O)O)cc1[N+](=O)[O-]. The van der Waals surface area contributed by atoms with Gasteiger partial charge in [-0.3, -0.25) is 14.9 Å². The third kappa shape index (κ3) is 4.20. The zero-order valence-corrected chi connectivity index (χ0v) is 14.8. The van der Waals surface area contributed by atoms with E-state index < -0.39 is 43.1 Å². The molecule has 1 amide bonds. The standard InChI is InChI=1S/C14H11ClN4O7S/c15-9-3-1-7(6-12(9)27(17,25)26)13(20)18(16)10-4-2-8(14(21)22)5-11(10)19(23)24/h1-6H,16H2,(H,21,22)(H2,17,25,26). The van der Waals surface area contributed by atoms with Crippen LogP contribution in [0.4, 0.5) is 11.4 Å². The Bertz CT molecular complexity index is 1070. The molecule has 0 aliphatic rings. The molecule has 2 aromatic rings. The van der Waals surface area contributed by atoms with Crippen molar-refractivity contribution in [3.8, 4) is 0 Å². The number of nitrogens with zero attached hydrogens (tertiary/aromatic N) is 2. The fourth-order valence-electron chi connectivity index (χ4n) is 2.11. The fourth-order valence-corrected chi connectivity index (χ4v) is 3.18. The van der Waals surface area contributed by atoms with Crippen LogP contribution in [0.2, 0.25) is 5.02 Å². The predicted molar refractivity (Wildman–Crippen MR) is 93.9 cm³/mol. The van der Waals surface area contributed by atoms with E-state index in [0.29, 0.717) is 5.01 Å². The lowest BCUT2D eigenvalue weighted by Crippen LogP contribution is -2.38. The van der Waals surface area contributed by atoms with Crippen molar-refractivity contribution >= 4 is 44.9 Å². The minimum Gasteiger partial charge on any atom is -0.478 e. The summed E-state index contributed by atoms with van der Waals surface area (Å²) in [4.78, 5) is 33.2. The van der Waals surface area contributed by atoms with Crippen LogP contribution in [0.15, 0.2) is 41.3 Å². The van der Waals surface area contributed by atoms with Gasteiger partial charge in [0.25, 0.3) is 11.6 Å². The molecule has 0 aliphatic heterocycles. The van der Waals surface area contributed by atoms with Crippen molar-refractivity contribution in [2.75, 3.05) is 5.01 Å². The van der Waals surface area contributed by atoms with E-state index in [9.17, 15) is 28.1 Å². The second-order valence-corrected chi connectivity index (χ2v) is 7.07. The van der Waals surface area contributed by atoms with Gasteiger partial charge >= 0.3 is 5.97 Å². The molecule has 0 spiro atoms. The van der Waals surface area contributed by atoms with Gasteiger partial charge in [0, 0.05) is 11.6 Å². The number of benzene rings is 2. The van der Waals surface area contributed by atoms with Gasteiger partial charge in [0.15, 0.2) is 0 Å². The van der Waals surface area contributed by atoms with Crippen molar-refractivity contribution < 1.29 is 28.0 Å². The Morgan fingerprint density at radius 3 is 2.26 bits per heavy atom. The molecule has 0 heterocycles. The molecule has 2 rings (SSSR count). The summed E-state index contributed by atoms with van der Waals surface area (Å²) in [7, 11) is -4.23. The number of rotatable bonds is 5. The smallest absolute Gasteiger partial charge is 0.335 e. The molecule has 5 N–H and O–H groups in total. The Hall–Kier alpha value is -3.06. The monoisotopic (exact) mass is 414 g/mol. The molecule has 0 saturated heterocycles. The van der Waals surface area contributed by atoms with E-state index in [1.165, 1.54) is 0 Å². The van der Waals surface area contributed by atoms with Crippen LogP contribution in [0, 0.1) is 10.1 Å². The number of aromatic carboxylic acids is 1. The van der Waals surface area contributed by atoms with Crippen molar-refractivity contribution in [2.24, 2.45) is 11.0 Å². The van der Waals surface area contributed by atoms with Crippen molar-refractivity contribution in [1.29, 1.82) is 0 Å². The number of anilines is 1. The number of nitro benzene ring substituents is 1. The van der Waals surface area contributed by atoms with Crippen LogP contribution in [-0.4, -0.2) is 30.3 Å². The molecular weight excluding hydrogens is 404 g/mol. The highest BCUT2D eigenvalue weighted by molar-refractivity contribution is 7.89. The molecule has 13 heteroatoms. The van der Waals surface area contributed by atoms with E-state index in [1.54, 1.807) is 0 Å². The average Bonchev–Trinajstić information content (AvgIpc) is 2.59. The zero-order chi connectivity index (χ0) is 20.5. The van der Waals surface area contributed by atoms with E-state index in [0.717, 1.165) is 36.4 Å². The molecule has 0 unspecified atom stereocenters. The minimum absolute atomic E-state index is 0.227. The molecular formula is C14H11ClN4O7S. The topological polar surface area (TPSA) is 187 Å². The first-order valence-corrected chi connectivity index (χ1v) is 8.79. The largest absolute Gasteiger partial charge is 0.478 e. The second-order valence-electron chi connectivity index (χ2n) is 5.13. The van der Waals surface area contributed by atoms with E-state index in [1.807, 2.05) is 0 Å².